The molecule has 0 amide bonds. The third-order valence-corrected chi connectivity index (χ3v) is 3.15. The highest BCUT2D eigenvalue weighted by molar-refractivity contribution is 5.29. The number of hydrogen-bond acceptors (Lipinski definition) is 4. The fourth-order valence-electron chi connectivity index (χ4n) is 2.18. The van der Waals surface area contributed by atoms with Crippen molar-refractivity contribution in [3.8, 4) is 0 Å². The standard InChI is InChI=1S/C14H17N3O/c1-2-4-12(5-3-1)10-13-11-16-14(18-13)17-8-6-15-7-9-17/h1-5,11,15H,6-10H2. The highest BCUT2D eigenvalue weighted by Gasteiger charge is 2.15. The molecule has 0 radical (unpaired) electrons. The molecule has 4 nitrogen and oxygen atoms in total. The zero-order valence-corrected chi connectivity index (χ0v) is 10.3. The van der Waals surface area contributed by atoms with E-state index in [1.165, 1.54) is 5.56 Å². The van der Waals surface area contributed by atoms with Crippen LogP contribution in [-0.2, 0) is 6.42 Å². The second-order valence-electron chi connectivity index (χ2n) is 4.51. The zero-order valence-electron chi connectivity index (χ0n) is 10.3. The number of nitrogens with zero attached hydrogens (tertiary/aromatic N) is 2. The summed E-state index contributed by atoms with van der Waals surface area (Å²) in [5, 5.41) is 3.32. The van der Waals surface area contributed by atoms with Crippen molar-refractivity contribution in [3.05, 3.63) is 47.9 Å². The molecule has 1 aliphatic heterocycles. The van der Waals surface area contributed by atoms with Crippen molar-refractivity contribution in [2.45, 2.75) is 6.42 Å². The lowest BCUT2D eigenvalue weighted by atomic mass is 10.1. The van der Waals surface area contributed by atoms with Crippen LogP contribution >= 0.6 is 0 Å². The summed E-state index contributed by atoms with van der Waals surface area (Å²) >= 11 is 0. The molecule has 4 heteroatoms. The average Bonchev–Trinajstić information content (AvgIpc) is 2.89. The maximum atomic E-state index is 5.81. The number of anilines is 1. The molecule has 3 rings (SSSR count). The molecule has 18 heavy (non-hydrogen) atoms. The van der Waals surface area contributed by atoms with Crippen molar-refractivity contribution < 1.29 is 4.42 Å². The van der Waals surface area contributed by atoms with Gasteiger partial charge in [0.05, 0.1) is 6.20 Å². The third kappa shape index (κ3) is 2.54. The van der Waals surface area contributed by atoms with Crippen molar-refractivity contribution in [1.29, 1.82) is 0 Å². The Hall–Kier alpha value is -1.81. The van der Waals surface area contributed by atoms with Gasteiger partial charge < -0.3 is 14.6 Å². The number of hydrogen-bond donors (Lipinski definition) is 1. The molecular formula is C14H17N3O. The number of piperazine rings is 1. The summed E-state index contributed by atoms with van der Waals surface area (Å²) in [5.41, 5.74) is 1.25. The molecule has 0 atom stereocenters. The van der Waals surface area contributed by atoms with Gasteiger partial charge >= 0.3 is 0 Å². The van der Waals surface area contributed by atoms with E-state index in [1.807, 2.05) is 24.4 Å². The minimum atomic E-state index is 0.752. The van der Waals surface area contributed by atoms with Crippen LogP contribution in [0.4, 0.5) is 6.01 Å². The van der Waals surface area contributed by atoms with Gasteiger partial charge in [-0.3, -0.25) is 0 Å². The van der Waals surface area contributed by atoms with E-state index < -0.39 is 0 Å². The van der Waals surface area contributed by atoms with E-state index in [0.29, 0.717) is 0 Å². The maximum absolute atomic E-state index is 5.81. The lowest BCUT2D eigenvalue weighted by molar-refractivity contribution is 0.476. The van der Waals surface area contributed by atoms with Gasteiger partial charge in [-0.2, -0.15) is 0 Å². The van der Waals surface area contributed by atoms with Crippen LogP contribution in [-0.4, -0.2) is 31.2 Å². The van der Waals surface area contributed by atoms with Crippen molar-refractivity contribution in [2.24, 2.45) is 0 Å². The SMILES string of the molecule is c1ccc(Cc2cnc(N3CCNCC3)o2)cc1. The molecule has 0 aliphatic carbocycles. The Labute approximate surface area is 107 Å². The van der Waals surface area contributed by atoms with Crippen molar-refractivity contribution in [1.82, 2.24) is 10.3 Å². The molecule has 94 valence electrons. The van der Waals surface area contributed by atoms with Crippen LogP contribution in [0, 0.1) is 0 Å². The number of rotatable bonds is 3. The summed E-state index contributed by atoms with van der Waals surface area (Å²) in [6.45, 7) is 3.92. The minimum absolute atomic E-state index is 0.752. The molecule has 0 saturated carbocycles. The Morgan fingerprint density at radius 1 is 1.17 bits per heavy atom. The van der Waals surface area contributed by atoms with E-state index in [4.69, 9.17) is 4.42 Å². The van der Waals surface area contributed by atoms with Crippen molar-refractivity contribution in [2.75, 3.05) is 31.1 Å². The Bertz CT molecular complexity index is 489. The van der Waals surface area contributed by atoms with Gasteiger partial charge in [0.2, 0.25) is 0 Å². The molecule has 1 saturated heterocycles. The maximum Gasteiger partial charge on any atom is 0.297 e. The van der Waals surface area contributed by atoms with Crippen LogP contribution in [0.3, 0.4) is 0 Å². The molecule has 2 heterocycles. The summed E-state index contributed by atoms with van der Waals surface area (Å²) in [6, 6.07) is 11.1. The van der Waals surface area contributed by atoms with Gasteiger partial charge in [-0.05, 0) is 5.56 Å². The van der Waals surface area contributed by atoms with E-state index in [-0.39, 0.29) is 0 Å². The first-order chi connectivity index (χ1) is 8.92. The molecule has 1 N–H and O–H groups in total. The van der Waals surface area contributed by atoms with Gasteiger partial charge in [-0.15, -0.1) is 0 Å². The van der Waals surface area contributed by atoms with Gasteiger partial charge in [0.15, 0.2) is 0 Å². The van der Waals surface area contributed by atoms with Crippen LogP contribution in [0.2, 0.25) is 0 Å². The van der Waals surface area contributed by atoms with Crippen LogP contribution in [0.15, 0.2) is 40.9 Å². The quantitative estimate of drug-likeness (QED) is 0.890. The normalized spacial score (nSPS) is 15.9. The zero-order chi connectivity index (χ0) is 12.2. The minimum Gasteiger partial charge on any atom is -0.428 e. The van der Waals surface area contributed by atoms with Gasteiger partial charge in [-0.1, -0.05) is 30.3 Å². The second kappa shape index (κ2) is 5.23. The molecule has 0 spiro atoms. The van der Waals surface area contributed by atoms with Crippen LogP contribution < -0.4 is 10.2 Å². The fourth-order valence-corrected chi connectivity index (χ4v) is 2.18. The summed E-state index contributed by atoms with van der Waals surface area (Å²) in [7, 11) is 0. The van der Waals surface area contributed by atoms with Gasteiger partial charge in [0, 0.05) is 32.6 Å². The van der Waals surface area contributed by atoms with Crippen LogP contribution in [0.1, 0.15) is 11.3 Å². The van der Waals surface area contributed by atoms with Crippen LogP contribution in [0.5, 0.6) is 0 Å². The molecule has 1 aromatic carbocycles. The molecule has 0 bridgehead atoms. The average molecular weight is 243 g/mol. The lowest BCUT2D eigenvalue weighted by Gasteiger charge is -2.25. The Balaban J connectivity index is 1.69. The first-order valence-electron chi connectivity index (χ1n) is 6.36. The lowest BCUT2D eigenvalue weighted by Crippen LogP contribution is -2.43. The van der Waals surface area contributed by atoms with Crippen molar-refractivity contribution in [3.63, 3.8) is 0 Å². The Morgan fingerprint density at radius 2 is 1.94 bits per heavy atom. The number of oxazole rings is 1. The smallest absolute Gasteiger partial charge is 0.297 e. The summed E-state index contributed by atoms with van der Waals surface area (Å²) in [4.78, 5) is 6.55. The first-order valence-corrected chi connectivity index (χ1v) is 6.36. The number of aromatic nitrogens is 1. The molecule has 1 aliphatic rings. The second-order valence-corrected chi connectivity index (χ2v) is 4.51. The molecular weight excluding hydrogens is 226 g/mol. The largest absolute Gasteiger partial charge is 0.428 e. The fraction of sp³-hybridized carbons (Fsp3) is 0.357. The monoisotopic (exact) mass is 243 g/mol. The van der Waals surface area contributed by atoms with Crippen LogP contribution in [0.25, 0.3) is 0 Å². The topological polar surface area (TPSA) is 41.3 Å². The predicted molar refractivity (Wildman–Crippen MR) is 70.8 cm³/mol. The highest BCUT2D eigenvalue weighted by Crippen LogP contribution is 2.17. The van der Waals surface area contributed by atoms with Gasteiger partial charge in [0.25, 0.3) is 6.01 Å². The van der Waals surface area contributed by atoms with E-state index in [9.17, 15) is 0 Å². The number of benzene rings is 1. The molecule has 1 aromatic heterocycles. The van der Waals surface area contributed by atoms with E-state index >= 15 is 0 Å². The summed E-state index contributed by atoms with van der Waals surface area (Å²) < 4.78 is 5.81. The van der Waals surface area contributed by atoms with E-state index in [2.05, 4.69) is 27.3 Å². The van der Waals surface area contributed by atoms with Gasteiger partial charge in [-0.25, -0.2) is 4.98 Å². The molecule has 0 unspecified atom stereocenters. The van der Waals surface area contributed by atoms with Gasteiger partial charge in [0.1, 0.15) is 5.76 Å². The summed E-state index contributed by atoms with van der Waals surface area (Å²) in [5.74, 6) is 0.926. The highest BCUT2D eigenvalue weighted by atomic mass is 16.4. The summed E-state index contributed by atoms with van der Waals surface area (Å²) in [6.07, 6.45) is 2.64. The number of nitrogens with one attached hydrogen (secondary N) is 1. The van der Waals surface area contributed by atoms with E-state index in [1.54, 1.807) is 0 Å². The van der Waals surface area contributed by atoms with Crippen molar-refractivity contribution >= 4 is 6.01 Å². The molecule has 2 aromatic rings. The molecule has 1 fully saturated rings. The predicted octanol–water partition coefficient (Wildman–Crippen LogP) is 1.67. The Morgan fingerprint density at radius 3 is 2.72 bits per heavy atom. The third-order valence-electron chi connectivity index (χ3n) is 3.15. The first kappa shape index (κ1) is 11.3. The Kier molecular flexibility index (Phi) is 3.28. The van der Waals surface area contributed by atoms with E-state index in [0.717, 1.165) is 44.4 Å².